The van der Waals surface area contributed by atoms with Gasteiger partial charge in [-0.15, -0.1) is 11.3 Å². The molecule has 0 aliphatic rings. The Labute approximate surface area is 128 Å². The Bertz CT molecular complexity index is 571. The Morgan fingerprint density at radius 2 is 2.29 bits per heavy atom. The summed E-state index contributed by atoms with van der Waals surface area (Å²) in [5, 5.41) is 9.18. The second-order valence-corrected chi connectivity index (χ2v) is 5.76. The van der Waals surface area contributed by atoms with Crippen LogP contribution in [0.2, 0.25) is 0 Å². The Hall–Kier alpha value is -1.95. The number of hydrogen-bond donors (Lipinski definition) is 2. The monoisotopic (exact) mass is 304 g/mol. The Kier molecular flexibility index (Phi) is 5.68. The SMILES string of the molecule is CCCNc1ccncc1C(=O)NCC(C)c1nccs1. The fourth-order valence-electron chi connectivity index (χ4n) is 1.90. The molecule has 0 aliphatic heterocycles. The normalized spacial score (nSPS) is 11.9. The van der Waals surface area contributed by atoms with Crippen LogP contribution in [0, 0.1) is 0 Å². The van der Waals surface area contributed by atoms with Crippen LogP contribution in [0.25, 0.3) is 0 Å². The van der Waals surface area contributed by atoms with Gasteiger partial charge in [-0.1, -0.05) is 13.8 Å². The summed E-state index contributed by atoms with van der Waals surface area (Å²) >= 11 is 1.61. The number of thiazole rings is 1. The van der Waals surface area contributed by atoms with E-state index in [0.717, 1.165) is 23.7 Å². The largest absolute Gasteiger partial charge is 0.384 e. The lowest BCUT2D eigenvalue weighted by Crippen LogP contribution is -2.28. The third kappa shape index (κ3) is 4.26. The summed E-state index contributed by atoms with van der Waals surface area (Å²) < 4.78 is 0. The van der Waals surface area contributed by atoms with Crippen LogP contribution in [-0.2, 0) is 0 Å². The standard InChI is InChI=1S/C15H20N4OS/c1-3-5-17-13-4-6-16-10-12(13)14(20)19-9-11(2)15-18-7-8-21-15/h4,6-8,10-11H,3,5,9H2,1-2H3,(H,16,17)(H,19,20). The van der Waals surface area contributed by atoms with Crippen molar-refractivity contribution >= 4 is 22.9 Å². The number of nitrogens with zero attached hydrogens (tertiary/aromatic N) is 2. The summed E-state index contributed by atoms with van der Waals surface area (Å²) in [4.78, 5) is 20.6. The van der Waals surface area contributed by atoms with E-state index < -0.39 is 0 Å². The van der Waals surface area contributed by atoms with Crippen molar-refractivity contribution in [1.29, 1.82) is 0 Å². The van der Waals surface area contributed by atoms with Crippen molar-refractivity contribution in [1.82, 2.24) is 15.3 Å². The van der Waals surface area contributed by atoms with Crippen molar-refractivity contribution in [2.75, 3.05) is 18.4 Å². The average Bonchev–Trinajstić information content (AvgIpc) is 3.05. The third-order valence-electron chi connectivity index (χ3n) is 3.07. The number of hydrogen-bond acceptors (Lipinski definition) is 5. The van der Waals surface area contributed by atoms with E-state index in [1.165, 1.54) is 0 Å². The van der Waals surface area contributed by atoms with Crippen LogP contribution in [0.5, 0.6) is 0 Å². The first-order chi connectivity index (χ1) is 10.2. The maximum Gasteiger partial charge on any atom is 0.254 e. The topological polar surface area (TPSA) is 66.9 Å². The first kappa shape index (κ1) is 15.4. The molecule has 1 atom stereocenters. The van der Waals surface area contributed by atoms with Crippen LogP contribution in [0.15, 0.2) is 30.0 Å². The zero-order chi connectivity index (χ0) is 15.1. The van der Waals surface area contributed by atoms with Gasteiger partial charge in [0.05, 0.1) is 16.3 Å². The Morgan fingerprint density at radius 1 is 1.43 bits per heavy atom. The Morgan fingerprint density at radius 3 is 3.00 bits per heavy atom. The molecule has 21 heavy (non-hydrogen) atoms. The second kappa shape index (κ2) is 7.73. The van der Waals surface area contributed by atoms with E-state index in [2.05, 4.69) is 34.4 Å². The smallest absolute Gasteiger partial charge is 0.254 e. The highest BCUT2D eigenvalue weighted by Gasteiger charge is 2.14. The molecule has 0 saturated carbocycles. The van der Waals surface area contributed by atoms with Crippen LogP contribution in [0.3, 0.4) is 0 Å². The highest BCUT2D eigenvalue weighted by molar-refractivity contribution is 7.09. The van der Waals surface area contributed by atoms with Crippen molar-refractivity contribution in [2.24, 2.45) is 0 Å². The van der Waals surface area contributed by atoms with Crippen molar-refractivity contribution in [2.45, 2.75) is 26.2 Å². The molecule has 1 amide bonds. The number of carbonyl (C=O) groups excluding carboxylic acids is 1. The van der Waals surface area contributed by atoms with E-state index in [4.69, 9.17) is 0 Å². The van der Waals surface area contributed by atoms with Gasteiger partial charge >= 0.3 is 0 Å². The van der Waals surface area contributed by atoms with Gasteiger partial charge in [0.25, 0.3) is 5.91 Å². The summed E-state index contributed by atoms with van der Waals surface area (Å²) in [6, 6.07) is 1.83. The van der Waals surface area contributed by atoms with Crippen LogP contribution in [0.4, 0.5) is 5.69 Å². The minimum Gasteiger partial charge on any atom is -0.384 e. The fourth-order valence-corrected chi connectivity index (χ4v) is 2.59. The quantitative estimate of drug-likeness (QED) is 0.825. The van der Waals surface area contributed by atoms with Crippen LogP contribution < -0.4 is 10.6 Å². The first-order valence-corrected chi connectivity index (χ1v) is 7.95. The van der Waals surface area contributed by atoms with Gasteiger partial charge in [0.1, 0.15) is 0 Å². The number of nitrogens with one attached hydrogen (secondary N) is 2. The number of aromatic nitrogens is 2. The molecular weight excluding hydrogens is 284 g/mol. The molecule has 2 aromatic heterocycles. The van der Waals surface area contributed by atoms with Gasteiger partial charge in [0.2, 0.25) is 0 Å². The number of anilines is 1. The summed E-state index contributed by atoms with van der Waals surface area (Å²) in [5.41, 5.74) is 1.41. The fraction of sp³-hybridized carbons (Fsp3) is 0.400. The maximum absolute atomic E-state index is 12.3. The summed E-state index contributed by atoms with van der Waals surface area (Å²) in [5.74, 6) is 0.0998. The molecule has 2 rings (SSSR count). The molecule has 0 saturated heterocycles. The molecule has 0 aromatic carbocycles. The molecule has 5 nitrogen and oxygen atoms in total. The summed E-state index contributed by atoms with van der Waals surface area (Å²) in [6.07, 6.45) is 6.07. The molecule has 6 heteroatoms. The van der Waals surface area contributed by atoms with Gasteiger partial charge in [-0.3, -0.25) is 9.78 Å². The number of rotatable bonds is 7. The van der Waals surface area contributed by atoms with Gasteiger partial charge in [0.15, 0.2) is 0 Å². The van der Waals surface area contributed by atoms with E-state index >= 15 is 0 Å². The number of amides is 1. The molecule has 2 N–H and O–H groups in total. The molecule has 1 unspecified atom stereocenters. The lowest BCUT2D eigenvalue weighted by molar-refractivity contribution is 0.0952. The van der Waals surface area contributed by atoms with E-state index in [0.29, 0.717) is 12.1 Å². The highest BCUT2D eigenvalue weighted by atomic mass is 32.1. The molecule has 0 fully saturated rings. The van der Waals surface area contributed by atoms with Crippen molar-refractivity contribution in [3.05, 3.63) is 40.6 Å². The van der Waals surface area contributed by atoms with E-state index in [9.17, 15) is 4.79 Å². The van der Waals surface area contributed by atoms with Gasteiger partial charge in [-0.25, -0.2) is 4.98 Å². The minimum atomic E-state index is -0.106. The summed E-state index contributed by atoms with van der Waals surface area (Å²) in [6.45, 7) is 5.54. The van der Waals surface area contributed by atoms with Gasteiger partial charge in [-0.05, 0) is 12.5 Å². The third-order valence-corrected chi connectivity index (χ3v) is 4.08. The maximum atomic E-state index is 12.3. The molecular formula is C15H20N4OS. The number of carbonyl (C=O) groups is 1. The second-order valence-electron chi connectivity index (χ2n) is 4.83. The summed E-state index contributed by atoms with van der Waals surface area (Å²) in [7, 11) is 0. The minimum absolute atomic E-state index is 0.106. The van der Waals surface area contributed by atoms with Crippen molar-refractivity contribution in [3.63, 3.8) is 0 Å². The van der Waals surface area contributed by atoms with Crippen molar-refractivity contribution in [3.8, 4) is 0 Å². The van der Waals surface area contributed by atoms with Gasteiger partial charge in [0, 0.05) is 43.0 Å². The van der Waals surface area contributed by atoms with E-state index in [1.54, 1.807) is 29.9 Å². The van der Waals surface area contributed by atoms with Gasteiger partial charge in [-0.2, -0.15) is 0 Å². The van der Waals surface area contributed by atoms with E-state index in [-0.39, 0.29) is 11.8 Å². The molecule has 112 valence electrons. The highest BCUT2D eigenvalue weighted by Crippen LogP contribution is 2.17. The molecule has 0 spiro atoms. The predicted molar refractivity (Wildman–Crippen MR) is 85.9 cm³/mol. The molecule has 0 bridgehead atoms. The van der Waals surface area contributed by atoms with Gasteiger partial charge < -0.3 is 10.6 Å². The van der Waals surface area contributed by atoms with Crippen LogP contribution in [0.1, 0.15) is 41.6 Å². The van der Waals surface area contributed by atoms with E-state index in [1.807, 2.05) is 11.4 Å². The van der Waals surface area contributed by atoms with Crippen LogP contribution >= 0.6 is 11.3 Å². The number of pyridine rings is 1. The zero-order valence-electron chi connectivity index (χ0n) is 12.3. The van der Waals surface area contributed by atoms with Crippen LogP contribution in [-0.4, -0.2) is 29.0 Å². The average molecular weight is 304 g/mol. The Balaban J connectivity index is 1.97. The lowest BCUT2D eigenvalue weighted by atomic mass is 10.1. The molecule has 2 heterocycles. The molecule has 0 radical (unpaired) electrons. The molecule has 2 aromatic rings. The predicted octanol–water partition coefficient (Wildman–Crippen LogP) is 2.89. The first-order valence-electron chi connectivity index (χ1n) is 7.07. The zero-order valence-corrected chi connectivity index (χ0v) is 13.1. The van der Waals surface area contributed by atoms with Crippen molar-refractivity contribution < 1.29 is 4.79 Å². The molecule has 0 aliphatic carbocycles. The lowest BCUT2D eigenvalue weighted by Gasteiger charge is -2.13.